The molecule has 0 unspecified atom stereocenters. The highest BCUT2D eigenvalue weighted by molar-refractivity contribution is 9.10. The number of anilines is 1. The molecular formula is C13H21BrN4O2S. The van der Waals surface area contributed by atoms with Gasteiger partial charge < -0.3 is 10.6 Å². The average molecular weight is 377 g/mol. The van der Waals surface area contributed by atoms with E-state index in [-0.39, 0.29) is 16.8 Å². The van der Waals surface area contributed by atoms with Gasteiger partial charge in [-0.05, 0) is 54.5 Å². The van der Waals surface area contributed by atoms with E-state index in [1.807, 2.05) is 0 Å². The Balaban J connectivity index is 2.21. The first-order valence-corrected chi connectivity index (χ1v) is 9.21. The fraction of sp³-hybridized carbons (Fsp3) is 0.615. The molecule has 0 amide bonds. The zero-order chi connectivity index (χ0) is 15.6. The topological polar surface area (TPSA) is 79.5 Å². The molecule has 0 radical (unpaired) electrons. The van der Waals surface area contributed by atoms with E-state index in [0.717, 1.165) is 32.5 Å². The molecule has 1 aromatic heterocycles. The van der Waals surface area contributed by atoms with Gasteiger partial charge in [0.1, 0.15) is 10.7 Å². The number of piperidine rings is 1. The Morgan fingerprint density at radius 3 is 2.67 bits per heavy atom. The molecule has 2 N–H and O–H groups in total. The fourth-order valence-corrected chi connectivity index (χ4v) is 4.58. The van der Waals surface area contributed by atoms with Gasteiger partial charge in [0.25, 0.3) is 0 Å². The molecule has 1 aromatic rings. The minimum Gasteiger partial charge on any atom is -0.383 e. The highest BCUT2D eigenvalue weighted by Crippen LogP contribution is 2.27. The van der Waals surface area contributed by atoms with Gasteiger partial charge in [0.2, 0.25) is 10.0 Å². The van der Waals surface area contributed by atoms with Gasteiger partial charge in [0.15, 0.2) is 0 Å². The summed E-state index contributed by atoms with van der Waals surface area (Å²) in [4.78, 5) is 6.31. The maximum Gasteiger partial charge on any atom is 0.246 e. The average Bonchev–Trinajstić information content (AvgIpc) is 2.49. The van der Waals surface area contributed by atoms with Gasteiger partial charge in [-0.25, -0.2) is 13.4 Å². The van der Waals surface area contributed by atoms with Crippen molar-refractivity contribution in [2.75, 3.05) is 32.4 Å². The first-order valence-electron chi connectivity index (χ1n) is 6.97. The van der Waals surface area contributed by atoms with E-state index in [2.05, 4.69) is 32.7 Å². The lowest BCUT2D eigenvalue weighted by Crippen LogP contribution is -2.45. The second kappa shape index (κ2) is 6.60. The fourth-order valence-electron chi connectivity index (χ4n) is 2.59. The smallest absolute Gasteiger partial charge is 0.246 e. The van der Waals surface area contributed by atoms with Crippen molar-refractivity contribution in [2.45, 2.75) is 30.7 Å². The third kappa shape index (κ3) is 3.56. The second-order valence-corrected chi connectivity index (χ2v) is 8.11. The normalized spacial score (nSPS) is 18.3. The molecule has 2 heterocycles. The molecule has 0 aromatic carbocycles. The Hall–Kier alpha value is -0.700. The molecule has 0 aliphatic carbocycles. The Bertz CT molecular complexity index is 600. The summed E-state index contributed by atoms with van der Waals surface area (Å²) in [5.41, 5.74) is 5.74. The van der Waals surface area contributed by atoms with Crippen LogP contribution in [0.3, 0.4) is 0 Å². The zero-order valence-corrected chi connectivity index (χ0v) is 14.7. The maximum atomic E-state index is 12.7. The summed E-state index contributed by atoms with van der Waals surface area (Å²) < 4.78 is 27.5. The summed E-state index contributed by atoms with van der Waals surface area (Å²) in [5, 5.41) is 0. The van der Waals surface area contributed by atoms with Gasteiger partial charge in [-0.1, -0.05) is 6.92 Å². The number of sulfonamides is 1. The SMILES string of the molecule is CCN1CCC(N(C)S(=O)(=O)c2cc(Br)cnc2N)CC1. The molecule has 2 rings (SSSR count). The van der Waals surface area contributed by atoms with Crippen LogP contribution in [0.2, 0.25) is 0 Å². The first kappa shape index (κ1) is 16.7. The summed E-state index contributed by atoms with van der Waals surface area (Å²) in [7, 11) is -1.99. The third-order valence-corrected chi connectivity index (χ3v) is 6.40. The molecule has 0 bridgehead atoms. The highest BCUT2D eigenvalue weighted by atomic mass is 79.9. The van der Waals surface area contributed by atoms with Gasteiger partial charge in [-0.15, -0.1) is 0 Å². The van der Waals surface area contributed by atoms with Gasteiger partial charge in [-0.3, -0.25) is 0 Å². The molecule has 8 heteroatoms. The number of likely N-dealkylation sites (tertiary alicyclic amines) is 1. The summed E-state index contributed by atoms with van der Waals surface area (Å²) in [5.74, 6) is 0.0380. The number of nitrogen functional groups attached to an aromatic ring is 1. The predicted molar refractivity (Wildman–Crippen MR) is 86.4 cm³/mol. The van der Waals surface area contributed by atoms with E-state index >= 15 is 0 Å². The van der Waals surface area contributed by atoms with Crippen LogP contribution in [0.1, 0.15) is 19.8 Å². The summed E-state index contributed by atoms with van der Waals surface area (Å²) in [6.07, 6.45) is 3.17. The molecule has 1 aliphatic heterocycles. The van der Waals surface area contributed by atoms with E-state index in [4.69, 9.17) is 5.73 Å². The molecule has 0 spiro atoms. The molecule has 6 nitrogen and oxygen atoms in total. The van der Waals surface area contributed by atoms with Gasteiger partial charge in [-0.2, -0.15) is 4.31 Å². The van der Waals surface area contributed by atoms with Crippen LogP contribution in [0, 0.1) is 0 Å². The Kier molecular flexibility index (Phi) is 5.24. The van der Waals surface area contributed by atoms with E-state index < -0.39 is 10.0 Å². The van der Waals surface area contributed by atoms with Crippen molar-refractivity contribution in [3.63, 3.8) is 0 Å². The minimum absolute atomic E-state index is 0.0104. The van der Waals surface area contributed by atoms with Crippen LogP contribution >= 0.6 is 15.9 Å². The van der Waals surface area contributed by atoms with Crippen LogP contribution in [-0.2, 0) is 10.0 Å². The lowest BCUT2D eigenvalue weighted by Gasteiger charge is -2.35. The summed E-state index contributed by atoms with van der Waals surface area (Å²) in [6, 6.07) is 1.52. The van der Waals surface area contributed by atoms with E-state index in [1.54, 1.807) is 7.05 Å². The number of pyridine rings is 1. The van der Waals surface area contributed by atoms with Crippen molar-refractivity contribution < 1.29 is 8.42 Å². The van der Waals surface area contributed by atoms with Gasteiger partial charge >= 0.3 is 0 Å². The van der Waals surface area contributed by atoms with Crippen molar-refractivity contribution >= 4 is 31.8 Å². The van der Waals surface area contributed by atoms with Crippen LogP contribution in [0.4, 0.5) is 5.82 Å². The van der Waals surface area contributed by atoms with Crippen molar-refractivity contribution in [3.8, 4) is 0 Å². The third-order valence-electron chi connectivity index (χ3n) is 4.02. The van der Waals surface area contributed by atoms with Crippen LogP contribution in [0.5, 0.6) is 0 Å². The van der Waals surface area contributed by atoms with Crippen molar-refractivity contribution in [3.05, 3.63) is 16.7 Å². The number of hydrogen-bond donors (Lipinski definition) is 1. The van der Waals surface area contributed by atoms with Gasteiger partial charge in [0.05, 0.1) is 0 Å². The van der Waals surface area contributed by atoms with Gasteiger partial charge in [0, 0.05) is 23.8 Å². The standard InChI is InChI=1S/C13H21BrN4O2S/c1-3-18-6-4-11(5-7-18)17(2)21(19,20)12-8-10(14)9-16-13(12)15/h8-9,11H,3-7H2,1-2H3,(H2,15,16). The number of rotatable bonds is 4. The van der Waals surface area contributed by atoms with Crippen LogP contribution in [0.25, 0.3) is 0 Å². The zero-order valence-electron chi connectivity index (χ0n) is 12.3. The lowest BCUT2D eigenvalue weighted by atomic mass is 10.1. The quantitative estimate of drug-likeness (QED) is 0.861. The van der Waals surface area contributed by atoms with Crippen molar-refractivity contribution in [2.24, 2.45) is 0 Å². The summed E-state index contributed by atoms with van der Waals surface area (Å²) in [6.45, 7) is 4.97. The molecule has 21 heavy (non-hydrogen) atoms. The number of nitrogens with zero attached hydrogens (tertiary/aromatic N) is 3. The van der Waals surface area contributed by atoms with Crippen LogP contribution in [0.15, 0.2) is 21.6 Å². The van der Waals surface area contributed by atoms with Crippen LogP contribution in [-0.4, -0.2) is 55.3 Å². The highest BCUT2D eigenvalue weighted by Gasteiger charge is 2.32. The Morgan fingerprint density at radius 2 is 2.10 bits per heavy atom. The van der Waals surface area contributed by atoms with Crippen molar-refractivity contribution in [1.29, 1.82) is 0 Å². The number of nitrogens with two attached hydrogens (primary N) is 1. The number of halogens is 1. The Labute approximate surface area is 134 Å². The van der Waals surface area contributed by atoms with E-state index in [9.17, 15) is 8.42 Å². The van der Waals surface area contributed by atoms with E-state index in [0.29, 0.717) is 4.47 Å². The summed E-state index contributed by atoms with van der Waals surface area (Å²) >= 11 is 3.24. The molecule has 1 fully saturated rings. The molecule has 1 saturated heterocycles. The molecule has 0 saturated carbocycles. The monoisotopic (exact) mass is 376 g/mol. The minimum atomic E-state index is -3.62. The molecule has 0 atom stereocenters. The number of aromatic nitrogens is 1. The molecule has 1 aliphatic rings. The predicted octanol–water partition coefficient (Wildman–Crippen LogP) is 1.53. The van der Waals surface area contributed by atoms with Crippen molar-refractivity contribution in [1.82, 2.24) is 14.2 Å². The first-order chi connectivity index (χ1) is 9.86. The Morgan fingerprint density at radius 1 is 1.48 bits per heavy atom. The van der Waals surface area contributed by atoms with Crippen LogP contribution < -0.4 is 5.73 Å². The lowest BCUT2D eigenvalue weighted by molar-refractivity contribution is 0.176. The van der Waals surface area contributed by atoms with E-state index in [1.165, 1.54) is 16.6 Å². The molecular weight excluding hydrogens is 356 g/mol. The second-order valence-electron chi connectivity index (χ2n) is 5.22. The molecule has 118 valence electrons. The maximum absolute atomic E-state index is 12.7. The largest absolute Gasteiger partial charge is 0.383 e. The number of hydrogen-bond acceptors (Lipinski definition) is 5.